The molecule has 0 saturated heterocycles. The smallest absolute Gasteiger partial charge is 0.475 e. The summed E-state index contributed by atoms with van der Waals surface area (Å²) < 4.78 is 33.6. The van der Waals surface area contributed by atoms with E-state index in [1.54, 1.807) is 6.07 Å². The average Bonchev–Trinajstić information content (AvgIpc) is 2.38. The second-order valence-corrected chi connectivity index (χ2v) is 4.69. The third-order valence-corrected chi connectivity index (χ3v) is 3.18. The summed E-state index contributed by atoms with van der Waals surface area (Å²) in [5, 5.41) is 7.12. The van der Waals surface area contributed by atoms with E-state index in [0.29, 0.717) is 0 Å². The molecule has 0 saturated carbocycles. The molecule has 8 heteroatoms. The van der Waals surface area contributed by atoms with E-state index in [9.17, 15) is 18.0 Å². The van der Waals surface area contributed by atoms with E-state index in [1.165, 1.54) is 11.3 Å². The molecule has 1 heterocycles. The van der Waals surface area contributed by atoms with Crippen LogP contribution in [0.3, 0.4) is 0 Å². The van der Waals surface area contributed by atoms with E-state index in [1.807, 2.05) is 17.6 Å². The van der Waals surface area contributed by atoms with Crippen LogP contribution < -0.4 is 11.3 Å². The van der Waals surface area contributed by atoms with Crippen molar-refractivity contribution in [3.63, 3.8) is 0 Å². The minimum Gasteiger partial charge on any atom is -0.475 e. The minimum absolute atomic E-state index is 0.113. The first kappa shape index (κ1) is 17.2. The molecule has 3 N–H and O–H groups in total. The maximum Gasteiger partial charge on any atom is 0.490 e. The van der Waals surface area contributed by atoms with Crippen LogP contribution in [0, 0.1) is 0 Å². The van der Waals surface area contributed by atoms with Gasteiger partial charge in [-0.25, -0.2) is 4.79 Å². The van der Waals surface area contributed by atoms with Crippen LogP contribution in [0.4, 0.5) is 13.2 Å². The molecular weight excluding hydrogens is 289 g/mol. The number of carboxylic acids is 1. The summed E-state index contributed by atoms with van der Waals surface area (Å²) >= 11 is 0. The van der Waals surface area contributed by atoms with Crippen LogP contribution in [0.5, 0.6) is 0 Å². The molecule has 5 nitrogen and oxygen atoms in total. The fraction of sp³-hybridized carbons (Fsp3) is 0.538. The van der Waals surface area contributed by atoms with Crippen molar-refractivity contribution in [3.05, 3.63) is 33.7 Å². The largest absolute Gasteiger partial charge is 0.490 e. The first-order valence-electron chi connectivity index (χ1n) is 6.44. The number of alkyl halides is 3. The van der Waals surface area contributed by atoms with E-state index in [4.69, 9.17) is 15.6 Å². The van der Waals surface area contributed by atoms with Crippen LogP contribution in [0.25, 0.3) is 0 Å². The number of nitrogens with two attached hydrogens (primary N) is 1. The van der Waals surface area contributed by atoms with Gasteiger partial charge in [-0.05, 0) is 31.7 Å². The van der Waals surface area contributed by atoms with Gasteiger partial charge in [-0.3, -0.25) is 4.79 Å². The van der Waals surface area contributed by atoms with Crippen molar-refractivity contribution in [2.75, 3.05) is 0 Å². The zero-order valence-corrected chi connectivity index (χ0v) is 11.5. The van der Waals surface area contributed by atoms with Gasteiger partial charge in [0, 0.05) is 24.3 Å². The van der Waals surface area contributed by atoms with Crippen LogP contribution in [-0.4, -0.2) is 27.9 Å². The van der Waals surface area contributed by atoms with Crippen LogP contribution >= 0.6 is 0 Å². The standard InChI is InChI=1S/C11H16N2O.C2HF3O2/c1-2-13-10-5-4-9(12)7-8(10)3-6-11(13)14;3-2(4,5)1(6)7/h3,6,9H,2,4-5,7,12H2,1H3;(H,6,7). The summed E-state index contributed by atoms with van der Waals surface area (Å²) in [6.45, 7) is 2.77. The van der Waals surface area contributed by atoms with Gasteiger partial charge < -0.3 is 15.4 Å². The van der Waals surface area contributed by atoms with Crippen molar-refractivity contribution in [3.8, 4) is 0 Å². The predicted octanol–water partition coefficient (Wildman–Crippen LogP) is 1.32. The number of carbonyl (C=O) groups is 1. The Balaban J connectivity index is 0.000000270. The van der Waals surface area contributed by atoms with E-state index in [0.717, 1.165) is 25.8 Å². The summed E-state index contributed by atoms with van der Waals surface area (Å²) in [6.07, 6.45) is -2.23. The molecule has 1 unspecified atom stereocenters. The Morgan fingerprint density at radius 3 is 2.52 bits per heavy atom. The maximum atomic E-state index is 11.5. The lowest BCUT2D eigenvalue weighted by molar-refractivity contribution is -0.192. The lowest BCUT2D eigenvalue weighted by Crippen LogP contribution is -2.33. The summed E-state index contributed by atoms with van der Waals surface area (Å²) in [7, 11) is 0. The quantitative estimate of drug-likeness (QED) is 0.819. The van der Waals surface area contributed by atoms with Gasteiger partial charge in [0.2, 0.25) is 0 Å². The fourth-order valence-corrected chi connectivity index (χ4v) is 2.20. The monoisotopic (exact) mass is 306 g/mol. The second-order valence-electron chi connectivity index (χ2n) is 4.69. The highest BCUT2D eigenvalue weighted by atomic mass is 19.4. The Kier molecular flexibility index (Phi) is 5.54. The highest BCUT2D eigenvalue weighted by molar-refractivity contribution is 5.73. The SMILES string of the molecule is CCn1c2c(ccc1=O)CC(N)CC2.O=C(O)C(F)(F)F. The molecule has 0 aliphatic heterocycles. The minimum atomic E-state index is -5.08. The summed E-state index contributed by atoms with van der Waals surface area (Å²) in [5.74, 6) is -2.76. The Hall–Kier alpha value is -1.83. The summed E-state index contributed by atoms with van der Waals surface area (Å²) in [4.78, 5) is 20.4. The number of pyridine rings is 1. The Bertz CT molecular complexity index is 567. The molecule has 21 heavy (non-hydrogen) atoms. The topological polar surface area (TPSA) is 85.3 Å². The highest BCUT2D eigenvalue weighted by Gasteiger charge is 2.38. The molecule has 0 amide bonds. The molecule has 0 bridgehead atoms. The molecular formula is C13H17F3N2O3. The molecule has 0 spiro atoms. The number of nitrogens with zero attached hydrogens (tertiary/aromatic N) is 1. The highest BCUT2D eigenvalue weighted by Crippen LogP contribution is 2.18. The van der Waals surface area contributed by atoms with Gasteiger partial charge in [0.05, 0.1) is 0 Å². The number of aliphatic carboxylic acids is 1. The van der Waals surface area contributed by atoms with Crippen molar-refractivity contribution in [2.45, 2.75) is 44.9 Å². The van der Waals surface area contributed by atoms with Gasteiger partial charge in [-0.1, -0.05) is 6.07 Å². The van der Waals surface area contributed by atoms with Crippen molar-refractivity contribution < 1.29 is 23.1 Å². The van der Waals surface area contributed by atoms with Crippen molar-refractivity contribution >= 4 is 5.97 Å². The summed E-state index contributed by atoms with van der Waals surface area (Å²) in [5.41, 5.74) is 8.46. The van der Waals surface area contributed by atoms with E-state index in [-0.39, 0.29) is 11.6 Å². The molecule has 1 aliphatic rings. The fourth-order valence-electron chi connectivity index (χ4n) is 2.20. The predicted molar refractivity (Wildman–Crippen MR) is 70.1 cm³/mol. The molecule has 2 rings (SSSR count). The van der Waals surface area contributed by atoms with Gasteiger partial charge in [-0.15, -0.1) is 0 Å². The van der Waals surface area contributed by atoms with Gasteiger partial charge >= 0.3 is 12.1 Å². The summed E-state index contributed by atoms with van der Waals surface area (Å²) in [6, 6.07) is 3.86. The van der Waals surface area contributed by atoms with Crippen molar-refractivity contribution in [1.29, 1.82) is 0 Å². The normalized spacial score (nSPS) is 17.5. The molecule has 118 valence electrons. The molecule has 0 radical (unpaired) electrons. The molecule has 1 aromatic rings. The van der Waals surface area contributed by atoms with Gasteiger partial charge in [0.25, 0.3) is 5.56 Å². The van der Waals surface area contributed by atoms with Gasteiger partial charge in [-0.2, -0.15) is 13.2 Å². The van der Waals surface area contributed by atoms with Crippen molar-refractivity contribution in [1.82, 2.24) is 4.57 Å². The van der Waals surface area contributed by atoms with Crippen molar-refractivity contribution in [2.24, 2.45) is 5.73 Å². The number of halogens is 3. The molecule has 1 aromatic heterocycles. The number of hydrogen-bond acceptors (Lipinski definition) is 3. The number of fused-ring (bicyclic) bond motifs is 1. The number of carboxylic acid groups (broad SMARTS) is 1. The third-order valence-electron chi connectivity index (χ3n) is 3.18. The zero-order valence-electron chi connectivity index (χ0n) is 11.5. The average molecular weight is 306 g/mol. The van der Waals surface area contributed by atoms with Crippen LogP contribution in [0.15, 0.2) is 16.9 Å². The lowest BCUT2D eigenvalue weighted by atomic mass is 9.92. The first-order chi connectivity index (χ1) is 9.66. The molecule has 0 fully saturated rings. The zero-order chi connectivity index (χ0) is 16.2. The van der Waals surface area contributed by atoms with E-state index < -0.39 is 12.1 Å². The molecule has 1 atom stereocenters. The van der Waals surface area contributed by atoms with Crippen LogP contribution in [-0.2, 0) is 24.2 Å². The molecule has 0 aromatic carbocycles. The van der Waals surface area contributed by atoms with Gasteiger partial charge in [0.15, 0.2) is 0 Å². The second kappa shape index (κ2) is 6.75. The number of hydrogen-bond donors (Lipinski definition) is 2. The number of aromatic nitrogens is 1. The maximum absolute atomic E-state index is 11.5. The van der Waals surface area contributed by atoms with Gasteiger partial charge in [0.1, 0.15) is 0 Å². The number of rotatable bonds is 1. The van der Waals surface area contributed by atoms with Crippen LogP contribution in [0.2, 0.25) is 0 Å². The van der Waals surface area contributed by atoms with E-state index >= 15 is 0 Å². The first-order valence-corrected chi connectivity index (χ1v) is 6.44. The lowest BCUT2D eigenvalue weighted by Gasteiger charge is -2.24. The van der Waals surface area contributed by atoms with Crippen LogP contribution in [0.1, 0.15) is 24.6 Å². The third kappa shape index (κ3) is 4.59. The Labute approximate surface area is 119 Å². The Morgan fingerprint density at radius 2 is 2.05 bits per heavy atom. The Morgan fingerprint density at radius 1 is 1.48 bits per heavy atom. The molecule has 1 aliphatic carbocycles. The van der Waals surface area contributed by atoms with E-state index in [2.05, 4.69) is 0 Å².